The predicted octanol–water partition coefficient (Wildman–Crippen LogP) is 5.38. The molecule has 1 aliphatic heterocycles. The molecule has 2 nitrogen and oxygen atoms in total. The van der Waals surface area contributed by atoms with Crippen LogP contribution in [0.5, 0.6) is 5.75 Å². The van der Waals surface area contributed by atoms with Gasteiger partial charge in [0.2, 0.25) is 0 Å². The molecule has 2 atom stereocenters. The molecular weight excluding hydrogens is 294 g/mol. The van der Waals surface area contributed by atoms with E-state index in [4.69, 9.17) is 4.74 Å². The number of hydrogen-bond acceptors (Lipinski definition) is 2. The lowest BCUT2D eigenvalue weighted by Gasteiger charge is -2.34. The maximum absolute atomic E-state index is 5.28. The molecule has 3 aromatic carbocycles. The van der Waals surface area contributed by atoms with Crippen LogP contribution in [0.2, 0.25) is 0 Å². The highest BCUT2D eigenvalue weighted by atomic mass is 16.5. The maximum Gasteiger partial charge on any atom is 0.118 e. The van der Waals surface area contributed by atoms with E-state index in [9.17, 15) is 0 Å². The van der Waals surface area contributed by atoms with Gasteiger partial charge in [0.15, 0.2) is 0 Å². The van der Waals surface area contributed by atoms with Crippen molar-refractivity contribution in [2.75, 3.05) is 12.4 Å². The third kappa shape index (κ3) is 2.76. The minimum Gasteiger partial charge on any atom is -0.497 e. The summed E-state index contributed by atoms with van der Waals surface area (Å²) in [6.45, 7) is 0. The normalized spacial score (nSPS) is 19.2. The molecule has 1 aliphatic rings. The molecule has 120 valence electrons. The summed E-state index contributed by atoms with van der Waals surface area (Å²) in [5, 5.41) is 3.71. The van der Waals surface area contributed by atoms with Crippen molar-refractivity contribution in [2.45, 2.75) is 18.4 Å². The molecular formula is C22H21NO. The lowest BCUT2D eigenvalue weighted by molar-refractivity contribution is 0.414. The summed E-state index contributed by atoms with van der Waals surface area (Å²) in [7, 11) is 1.70. The SMILES string of the molecule is COc1ccc([C@H]2C[C@@H](c3ccccc3)c3ccccc3N2)cc1. The first-order valence-electron chi connectivity index (χ1n) is 8.39. The van der Waals surface area contributed by atoms with Gasteiger partial charge in [-0.3, -0.25) is 0 Å². The first kappa shape index (κ1) is 14.8. The maximum atomic E-state index is 5.28. The molecule has 2 heteroatoms. The van der Waals surface area contributed by atoms with Crippen LogP contribution < -0.4 is 10.1 Å². The van der Waals surface area contributed by atoms with Crippen LogP contribution in [0.15, 0.2) is 78.9 Å². The van der Waals surface area contributed by atoms with Gasteiger partial charge in [0.25, 0.3) is 0 Å². The zero-order valence-electron chi connectivity index (χ0n) is 13.8. The van der Waals surface area contributed by atoms with Crippen molar-refractivity contribution < 1.29 is 4.74 Å². The topological polar surface area (TPSA) is 21.3 Å². The van der Waals surface area contributed by atoms with Crippen LogP contribution in [-0.4, -0.2) is 7.11 Å². The van der Waals surface area contributed by atoms with Crippen molar-refractivity contribution in [3.8, 4) is 5.75 Å². The van der Waals surface area contributed by atoms with E-state index in [0.29, 0.717) is 12.0 Å². The number of hydrogen-bond donors (Lipinski definition) is 1. The van der Waals surface area contributed by atoms with Gasteiger partial charge in [-0.1, -0.05) is 60.7 Å². The molecule has 0 aromatic heterocycles. The molecule has 3 aromatic rings. The zero-order valence-corrected chi connectivity index (χ0v) is 13.8. The van der Waals surface area contributed by atoms with Crippen LogP contribution in [0, 0.1) is 0 Å². The van der Waals surface area contributed by atoms with Crippen molar-refractivity contribution in [3.63, 3.8) is 0 Å². The number of nitrogens with one attached hydrogen (secondary N) is 1. The van der Waals surface area contributed by atoms with Gasteiger partial charge in [0, 0.05) is 11.6 Å². The molecule has 0 aliphatic carbocycles. The molecule has 1 heterocycles. The van der Waals surface area contributed by atoms with Crippen LogP contribution in [0.3, 0.4) is 0 Å². The Bertz CT molecular complexity index is 811. The van der Waals surface area contributed by atoms with E-state index in [1.807, 2.05) is 12.1 Å². The van der Waals surface area contributed by atoms with Gasteiger partial charge < -0.3 is 10.1 Å². The van der Waals surface area contributed by atoms with Crippen molar-refractivity contribution in [1.29, 1.82) is 0 Å². The Morgan fingerprint density at radius 3 is 2.25 bits per heavy atom. The third-order valence-corrected chi connectivity index (χ3v) is 4.86. The number of anilines is 1. The van der Waals surface area contributed by atoms with Gasteiger partial charge in [0.05, 0.1) is 13.2 Å². The lowest BCUT2D eigenvalue weighted by atomic mass is 9.80. The molecule has 4 rings (SSSR count). The first-order valence-corrected chi connectivity index (χ1v) is 8.39. The molecule has 0 radical (unpaired) electrons. The lowest BCUT2D eigenvalue weighted by Crippen LogP contribution is -2.22. The second-order valence-corrected chi connectivity index (χ2v) is 6.26. The van der Waals surface area contributed by atoms with Crippen molar-refractivity contribution in [1.82, 2.24) is 0 Å². The number of rotatable bonds is 3. The summed E-state index contributed by atoms with van der Waals surface area (Å²) in [4.78, 5) is 0. The van der Waals surface area contributed by atoms with Gasteiger partial charge in [0.1, 0.15) is 5.75 Å². The van der Waals surface area contributed by atoms with Gasteiger partial charge in [-0.2, -0.15) is 0 Å². The number of benzene rings is 3. The van der Waals surface area contributed by atoms with Gasteiger partial charge in [-0.25, -0.2) is 0 Å². The van der Waals surface area contributed by atoms with E-state index in [1.54, 1.807) is 7.11 Å². The smallest absolute Gasteiger partial charge is 0.118 e. The molecule has 0 spiro atoms. The fraction of sp³-hybridized carbons (Fsp3) is 0.182. The Kier molecular flexibility index (Phi) is 3.96. The number of fused-ring (bicyclic) bond motifs is 1. The average molecular weight is 315 g/mol. The molecule has 0 saturated carbocycles. The summed E-state index contributed by atoms with van der Waals surface area (Å²) in [5.41, 5.74) is 5.29. The number of para-hydroxylation sites is 1. The van der Waals surface area contributed by atoms with Crippen molar-refractivity contribution in [2.24, 2.45) is 0 Å². The highest BCUT2D eigenvalue weighted by Crippen LogP contribution is 2.43. The molecule has 24 heavy (non-hydrogen) atoms. The summed E-state index contributed by atoms with van der Waals surface area (Å²) in [6.07, 6.45) is 1.05. The van der Waals surface area contributed by atoms with E-state index in [1.165, 1.54) is 22.4 Å². The highest BCUT2D eigenvalue weighted by Gasteiger charge is 2.28. The average Bonchev–Trinajstić information content (AvgIpc) is 2.68. The first-order chi connectivity index (χ1) is 11.8. The second kappa shape index (κ2) is 6.40. The van der Waals surface area contributed by atoms with Crippen LogP contribution in [0.4, 0.5) is 5.69 Å². The Morgan fingerprint density at radius 2 is 1.50 bits per heavy atom. The van der Waals surface area contributed by atoms with E-state index in [0.717, 1.165) is 12.2 Å². The third-order valence-electron chi connectivity index (χ3n) is 4.86. The summed E-state index contributed by atoms with van der Waals surface area (Å²) >= 11 is 0. The minimum absolute atomic E-state index is 0.302. The molecule has 0 fully saturated rings. The Morgan fingerprint density at radius 1 is 0.792 bits per heavy atom. The van der Waals surface area contributed by atoms with Gasteiger partial charge >= 0.3 is 0 Å². The van der Waals surface area contributed by atoms with E-state index >= 15 is 0 Å². The van der Waals surface area contributed by atoms with Gasteiger partial charge in [-0.05, 0) is 41.3 Å². The minimum atomic E-state index is 0.302. The standard InChI is InChI=1S/C22H21NO/c1-24-18-13-11-17(12-14-18)22-15-20(16-7-3-2-4-8-16)19-9-5-6-10-21(19)23-22/h2-14,20,22-23H,15H2,1H3/t20-,22+/m0/s1. The van der Waals surface area contributed by atoms with Crippen LogP contribution in [0.25, 0.3) is 0 Å². The number of ether oxygens (including phenoxy) is 1. The summed E-state index contributed by atoms with van der Waals surface area (Å²) in [5.74, 6) is 1.31. The van der Waals surface area contributed by atoms with Crippen LogP contribution in [-0.2, 0) is 0 Å². The largest absolute Gasteiger partial charge is 0.497 e. The molecule has 0 amide bonds. The molecule has 1 N–H and O–H groups in total. The van der Waals surface area contributed by atoms with Crippen LogP contribution in [0.1, 0.15) is 35.1 Å². The molecule has 0 bridgehead atoms. The number of methoxy groups -OCH3 is 1. The fourth-order valence-corrected chi connectivity index (χ4v) is 3.60. The summed E-state index contributed by atoms with van der Waals surface area (Å²) in [6, 6.07) is 28.1. The second-order valence-electron chi connectivity index (χ2n) is 6.26. The van der Waals surface area contributed by atoms with E-state index in [2.05, 4.69) is 72.0 Å². The highest BCUT2D eigenvalue weighted by molar-refractivity contribution is 5.59. The molecule has 0 unspecified atom stereocenters. The van der Waals surface area contributed by atoms with E-state index < -0.39 is 0 Å². The Hall–Kier alpha value is -2.74. The Labute approximate surface area is 143 Å². The quantitative estimate of drug-likeness (QED) is 0.700. The fourth-order valence-electron chi connectivity index (χ4n) is 3.60. The van der Waals surface area contributed by atoms with Crippen molar-refractivity contribution in [3.05, 3.63) is 95.6 Å². The summed E-state index contributed by atoms with van der Waals surface area (Å²) < 4.78 is 5.28. The van der Waals surface area contributed by atoms with E-state index in [-0.39, 0.29) is 0 Å². The Balaban J connectivity index is 1.72. The zero-order chi connectivity index (χ0) is 16.4. The van der Waals surface area contributed by atoms with Gasteiger partial charge in [-0.15, -0.1) is 0 Å². The van der Waals surface area contributed by atoms with Crippen LogP contribution >= 0.6 is 0 Å². The molecule has 0 saturated heterocycles. The monoisotopic (exact) mass is 315 g/mol. The van der Waals surface area contributed by atoms with Crippen molar-refractivity contribution >= 4 is 5.69 Å². The predicted molar refractivity (Wildman–Crippen MR) is 98.7 cm³/mol.